The molecule has 1 rings (SSSR count). The first-order chi connectivity index (χ1) is 9.17. The van der Waals surface area contributed by atoms with Crippen LogP contribution in [0.4, 0.5) is 5.69 Å². The molecule has 0 aliphatic heterocycles. The third kappa shape index (κ3) is 4.13. The minimum Gasteiger partial charge on any atom is -0.496 e. The number of carbonyl (C=O) groups excluding carboxylic acids is 1. The summed E-state index contributed by atoms with van der Waals surface area (Å²) in [5, 5.41) is 5.20. The average Bonchev–Trinajstić information content (AvgIpc) is 2.49. The lowest BCUT2D eigenvalue weighted by molar-refractivity contribution is 0.0597. The first-order valence-corrected chi connectivity index (χ1v) is 5.82. The normalized spacial score (nSPS) is 8.63. The van der Waals surface area contributed by atoms with Crippen LogP contribution in [-0.4, -0.2) is 26.9 Å². The van der Waals surface area contributed by atoms with E-state index in [1.54, 1.807) is 18.2 Å². The highest BCUT2D eigenvalue weighted by molar-refractivity contribution is 5.93. The van der Waals surface area contributed by atoms with Crippen molar-refractivity contribution in [3.63, 3.8) is 0 Å². The zero-order chi connectivity index (χ0) is 14.8. The Morgan fingerprint density at radius 1 is 1.37 bits per heavy atom. The van der Waals surface area contributed by atoms with Gasteiger partial charge < -0.3 is 9.47 Å². The maximum absolute atomic E-state index is 11.4. The van der Waals surface area contributed by atoms with Gasteiger partial charge in [-0.15, -0.1) is 0 Å². The molecule has 0 radical (unpaired) electrons. The van der Waals surface area contributed by atoms with Crippen LogP contribution in [0.25, 0.3) is 0 Å². The molecule has 0 aromatic heterocycles. The van der Waals surface area contributed by atoms with Crippen LogP contribution < -0.4 is 9.75 Å². The molecule has 0 saturated heterocycles. The SMILES string of the molecule is C=CN(N=C)c1ccc(C(=O)OC)c(OC)c1.CC. The van der Waals surface area contributed by atoms with E-state index in [1.165, 1.54) is 25.4 Å². The van der Waals surface area contributed by atoms with Crippen LogP contribution in [-0.2, 0) is 4.74 Å². The number of benzene rings is 1. The van der Waals surface area contributed by atoms with E-state index in [9.17, 15) is 4.79 Å². The van der Waals surface area contributed by atoms with Gasteiger partial charge in [-0.2, -0.15) is 5.10 Å². The van der Waals surface area contributed by atoms with Gasteiger partial charge >= 0.3 is 5.97 Å². The molecule has 0 aliphatic rings. The molecule has 0 atom stereocenters. The van der Waals surface area contributed by atoms with E-state index < -0.39 is 5.97 Å². The number of carbonyl (C=O) groups is 1. The number of ether oxygens (including phenoxy) is 2. The molecule has 0 amide bonds. The van der Waals surface area contributed by atoms with Gasteiger partial charge in [-0.05, 0) is 12.1 Å². The van der Waals surface area contributed by atoms with Crippen molar-refractivity contribution in [3.05, 3.63) is 36.5 Å². The smallest absolute Gasteiger partial charge is 0.341 e. The number of esters is 1. The third-order valence-electron chi connectivity index (χ3n) is 2.18. The predicted molar refractivity (Wildman–Crippen MR) is 77.9 cm³/mol. The van der Waals surface area contributed by atoms with Crippen LogP contribution in [0.1, 0.15) is 24.2 Å². The largest absolute Gasteiger partial charge is 0.496 e. The van der Waals surface area contributed by atoms with Crippen molar-refractivity contribution in [1.82, 2.24) is 0 Å². The Balaban J connectivity index is 0.00000154. The Kier molecular flexibility index (Phi) is 7.68. The summed E-state index contributed by atoms with van der Waals surface area (Å²) in [6.45, 7) is 11.0. The molecule has 104 valence electrons. The van der Waals surface area contributed by atoms with Crippen LogP contribution in [0.2, 0.25) is 0 Å². The van der Waals surface area contributed by atoms with Gasteiger partial charge in [0.25, 0.3) is 0 Å². The molecule has 0 fully saturated rings. The maximum atomic E-state index is 11.4. The first-order valence-electron chi connectivity index (χ1n) is 5.82. The second kappa shape index (κ2) is 8.74. The number of hydrogen-bond acceptors (Lipinski definition) is 5. The summed E-state index contributed by atoms with van der Waals surface area (Å²) < 4.78 is 9.77. The lowest BCUT2D eigenvalue weighted by Crippen LogP contribution is -2.08. The molecule has 0 saturated carbocycles. The Hall–Kier alpha value is -2.30. The second-order valence-electron chi connectivity index (χ2n) is 3.04. The zero-order valence-corrected chi connectivity index (χ0v) is 11.8. The maximum Gasteiger partial charge on any atom is 0.341 e. The summed E-state index contributed by atoms with van der Waals surface area (Å²) in [7, 11) is 2.79. The van der Waals surface area contributed by atoms with Crippen molar-refractivity contribution >= 4 is 18.4 Å². The van der Waals surface area contributed by atoms with Crippen LogP contribution in [0.5, 0.6) is 5.75 Å². The second-order valence-corrected chi connectivity index (χ2v) is 3.04. The molecular weight excluding hydrogens is 244 g/mol. The number of anilines is 1. The molecule has 0 spiro atoms. The fourth-order valence-corrected chi connectivity index (χ4v) is 1.35. The molecule has 0 bridgehead atoms. The summed E-state index contributed by atoms with van der Waals surface area (Å²) in [5.41, 5.74) is 1.05. The summed E-state index contributed by atoms with van der Waals surface area (Å²) >= 11 is 0. The fourth-order valence-electron chi connectivity index (χ4n) is 1.35. The highest BCUT2D eigenvalue weighted by Gasteiger charge is 2.14. The highest BCUT2D eigenvalue weighted by Crippen LogP contribution is 2.26. The topological polar surface area (TPSA) is 51.1 Å². The average molecular weight is 264 g/mol. The highest BCUT2D eigenvalue weighted by atomic mass is 16.5. The van der Waals surface area contributed by atoms with E-state index in [2.05, 4.69) is 23.1 Å². The third-order valence-corrected chi connectivity index (χ3v) is 2.18. The number of nitrogens with zero attached hydrogens (tertiary/aromatic N) is 2. The van der Waals surface area contributed by atoms with E-state index in [-0.39, 0.29) is 0 Å². The van der Waals surface area contributed by atoms with Crippen LogP contribution >= 0.6 is 0 Å². The number of methoxy groups -OCH3 is 2. The van der Waals surface area contributed by atoms with Gasteiger partial charge in [0, 0.05) is 19.0 Å². The molecular formula is C14H20N2O3. The minimum absolute atomic E-state index is 0.354. The van der Waals surface area contributed by atoms with Gasteiger partial charge in [0.2, 0.25) is 0 Å². The van der Waals surface area contributed by atoms with E-state index in [4.69, 9.17) is 4.74 Å². The van der Waals surface area contributed by atoms with Crippen molar-refractivity contribution in [3.8, 4) is 5.75 Å². The van der Waals surface area contributed by atoms with Crippen LogP contribution in [0.15, 0.2) is 36.1 Å². The van der Waals surface area contributed by atoms with Crippen molar-refractivity contribution < 1.29 is 14.3 Å². The van der Waals surface area contributed by atoms with E-state index >= 15 is 0 Å². The monoisotopic (exact) mass is 264 g/mol. The molecule has 1 aromatic rings. The molecule has 19 heavy (non-hydrogen) atoms. The summed E-state index contributed by atoms with van der Waals surface area (Å²) in [6, 6.07) is 4.95. The number of rotatable bonds is 5. The van der Waals surface area contributed by atoms with Gasteiger partial charge in [0.1, 0.15) is 11.3 Å². The molecule has 0 unspecified atom stereocenters. The van der Waals surface area contributed by atoms with E-state index in [0.29, 0.717) is 17.0 Å². The lowest BCUT2D eigenvalue weighted by atomic mass is 10.2. The van der Waals surface area contributed by atoms with Crippen molar-refractivity contribution in [2.24, 2.45) is 5.10 Å². The Morgan fingerprint density at radius 3 is 2.42 bits per heavy atom. The lowest BCUT2D eigenvalue weighted by Gasteiger charge is -2.15. The quantitative estimate of drug-likeness (QED) is 0.466. The van der Waals surface area contributed by atoms with Gasteiger partial charge in [0.05, 0.1) is 19.9 Å². The van der Waals surface area contributed by atoms with Crippen molar-refractivity contribution in [1.29, 1.82) is 0 Å². The molecule has 0 heterocycles. The van der Waals surface area contributed by atoms with Gasteiger partial charge in [-0.1, -0.05) is 20.4 Å². The van der Waals surface area contributed by atoms with Crippen molar-refractivity contribution in [2.45, 2.75) is 13.8 Å². The summed E-state index contributed by atoms with van der Waals surface area (Å²) in [6.07, 6.45) is 1.50. The molecule has 5 heteroatoms. The Morgan fingerprint density at radius 2 is 2.00 bits per heavy atom. The van der Waals surface area contributed by atoms with Crippen LogP contribution in [0, 0.1) is 0 Å². The standard InChI is InChI=1S/C12H14N2O3.C2H6/c1-5-14(13-2)9-6-7-10(12(15)17-4)11(8-9)16-3;1-2/h5-8H,1-2H2,3-4H3;1-2H3. The zero-order valence-electron chi connectivity index (χ0n) is 11.8. The van der Waals surface area contributed by atoms with Gasteiger partial charge in [0.15, 0.2) is 0 Å². The summed E-state index contributed by atoms with van der Waals surface area (Å²) in [4.78, 5) is 11.4. The van der Waals surface area contributed by atoms with Gasteiger partial charge in [-0.25, -0.2) is 9.80 Å². The molecule has 0 aliphatic carbocycles. The fraction of sp³-hybridized carbons (Fsp3) is 0.286. The van der Waals surface area contributed by atoms with E-state index in [1.807, 2.05) is 13.8 Å². The Labute approximate surface area is 114 Å². The predicted octanol–water partition coefficient (Wildman–Crippen LogP) is 3.07. The number of hydrazone groups is 1. The minimum atomic E-state index is -0.454. The Bertz CT molecular complexity index is 436. The summed E-state index contributed by atoms with van der Waals surface area (Å²) in [5.74, 6) is -0.0463. The van der Waals surface area contributed by atoms with Gasteiger partial charge in [-0.3, -0.25) is 0 Å². The molecule has 0 N–H and O–H groups in total. The number of hydrogen-bond donors (Lipinski definition) is 0. The molecule has 1 aromatic carbocycles. The van der Waals surface area contributed by atoms with E-state index in [0.717, 1.165) is 0 Å². The van der Waals surface area contributed by atoms with Crippen LogP contribution in [0.3, 0.4) is 0 Å². The first kappa shape index (κ1) is 16.7. The van der Waals surface area contributed by atoms with Crippen molar-refractivity contribution in [2.75, 3.05) is 19.2 Å². The molecule has 5 nitrogen and oxygen atoms in total.